The molecule has 3 heteroatoms. The van der Waals surface area contributed by atoms with E-state index in [9.17, 15) is 0 Å². The lowest BCUT2D eigenvalue weighted by molar-refractivity contribution is 0.253. The maximum atomic E-state index is 4.40. The largest absolute Gasteiger partial charge is 0.365 e. The minimum absolute atomic E-state index is 0.513. The molecule has 1 aromatic carbocycles. The van der Waals surface area contributed by atoms with E-state index in [2.05, 4.69) is 53.6 Å². The van der Waals surface area contributed by atoms with E-state index in [1.165, 1.54) is 30.0 Å². The van der Waals surface area contributed by atoms with Gasteiger partial charge in [-0.3, -0.25) is 0 Å². The first-order valence-corrected chi connectivity index (χ1v) is 7.65. The van der Waals surface area contributed by atoms with Crippen LogP contribution in [0, 0.1) is 18.8 Å². The average molecular weight is 269 g/mol. The van der Waals surface area contributed by atoms with Crippen LogP contribution in [-0.2, 0) is 0 Å². The summed E-state index contributed by atoms with van der Waals surface area (Å²) in [5.41, 5.74) is 0.996. The van der Waals surface area contributed by atoms with E-state index in [4.69, 9.17) is 0 Å². The summed E-state index contributed by atoms with van der Waals surface area (Å²) in [4.78, 5) is 0. The lowest BCUT2D eigenvalue weighted by Gasteiger charge is -2.35. The van der Waals surface area contributed by atoms with Crippen LogP contribution in [0.1, 0.15) is 38.8 Å². The highest BCUT2D eigenvalue weighted by Crippen LogP contribution is 2.32. The van der Waals surface area contributed by atoms with Crippen LogP contribution in [-0.4, -0.2) is 16.2 Å². The zero-order valence-corrected chi connectivity index (χ0v) is 12.6. The molecule has 20 heavy (non-hydrogen) atoms. The molecule has 3 atom stereocenters. The van der Waals surface area contributed by atoms with E-state index in [1.807, 2.05) is 6.92 Å². The van der Waals surface area contributed by atoms with Crippen LogP contribution in [0.25, 0.3) is 10.8 Å². The summed E-state index contributed by atoms with van der Waals surface area (Å²) in [7, 11) is 0. The standard InChI is InChI=1S/C17H23N3/c1-11-7-6-10-16(12(11)2)18-17-15-9-5-4-8-14(15)13(3)19-20-17/h4-5,8-9,11-12,16H,6-7,10H2,1-3H3,(H,18,20). The van der Waals surface area contributed by atoms with Gasteiger partial charge in [-0.05, 0) is 25.2 Å². The van der Waals surface area contributed by atoms with E-state index in [0.717, 1.165) is 17.4 Å². The maximum Gasteiger partial charge on any atom is 0.156 e. The predicted molar refractivity (Wildman–Crippen MR) is 83.9 cm³/mol. The summed E-state index contributed by atoms with van der Waals surface area (Å²) >= 11 is 0. The first-order valence-electron chi connectivity index (χ1n) is 7.65. The number of hydrogen-bond donors (Lipinski definition) is 1. The SMILES string of the molecule is Cc1nnc(NC2CCCC(C)C2C)c2ccccc12. The highest BCUT2D eigenvalue weighted by atomic mass is 15.2. The molecular weight excluding hydrogens is 246 g/mol. The molecule has 1 aromatic heterocycles. The number of nitrogens with one attached hydrogen (secondary N) is 1. The van der Waals surface area contributed by atoms with Crippen molar-refractivity contribution in [1.29, 1.82) is 0 Å². The number of nitrogens with zero attached hydrogens (tertiary/aromatic N) is 2. The molecule has 0 spiro atoms. The Morgan fingerprint density at radius 1 is 1.05 bits per heavy atom. The van der Waals surface area contributed by atoms with Crippen molar-refractivity contribution in [1.82, 2.24) is 10.2 Å². The Bertz CT molecular complexity index is 608. The molecule has 3 nitrogen and oxygen atoms in total. The molecular formula is C17H23N3. The van der Waals surface area contributed by atoms with Crippen LogP contribution in [0.3, 0.4) is 0 Å². The zero-order valence-electron chi connectivity index (χ0n) is 12.6. The minimum Gasteiger partial charge on any atom is -0.365 e. The van der Waals surface area contributed by atoms with Crippen LogP contribution >= 0.6 is 0 Å². The Morgan fingerprint density at radius 2 is 1.80 bits per heavy atom. The van der Waals surface area contributed by atoms with Crippen molar-refractivity contribution < 1.29 is 0 Å². The number of fused-ring (bicyclic) bond motifs is 1. The quantitative estimate of drug-likeness (QED) is 0.889. The van der Waals surface area contributed by atoms with Gasteiger partial charge < -0.3 is 5.32 Å². The number of benzene rings is 1. The summed E-state index contributed by atoms with van der Waals surface area (Å²) < 4.78 is 0. The van der Waals surface area contributed by atoms with Crippen molar-refractivity contribution in [2.75, 3.05) is 5.32 Å². The van der Waals surface area contributed by atoms with Gasteiger partial charge >= 0.3 is 0 Å². The Balaban J connectivity index is 1.93. The van der Waals surface area contributed by atoms with Crippen molar-refractivity contribution in [3.63, 3.8) is 0 Å². The van der Waals surface area contributed by atoms with Gasteiger partial charge in [0.1, 0.15) is 0 Å². The third-order valence-corrected chi connectivity index (χ3v) is 4.90. The summed E-state index contributed by atoms with van der Waals surface area (Å²) in [5, 5.41) is 14.7. The van der Waals surface area contributed by atoms with Gasteiger partial charge in [0.25, 0.3) is 0 Å². The Hall–Kier alpha value is -1.64. The van der Waals surface area contributed by atoms with Crippen LogP contribution in [0.2, 0.25) is 0 Å². The van der Waals surface area contributed by atoms with Gasteiger partial charge in [-0.1, -0.05) is 51.0 Å². The second-order valence-corrected chi connectivity index (χ2v) is 6.20. The maximum absolute atomic E-state index is 4.40. The van der Waals surface area contributed by atoms with Crippen molar-refractivity contribution in [3.05, 3.63) is 30.0 Å². The second kappa shape index (κ2) is 5.39. The summed E-state index contributed by atoms with van der Waals surface area (Å²) in [5.74, 6) is 2.41. The molecule has 2 aromatic rings. The van der Waals surface area contributed by atoms with Crippen LogP contribution in [0.15, 0.2) is 24.3 Å². The molecule has 1 heterocycles. The van der Waals surface area contributed by atoms with E-state index < -0.39 is 0 Å². The number of aryl methyl sites for hydroxylation is 1. The molecule has 1 N–H and O–H groups in total. The minimum atomic E-state index is 0.513. The van der Waals surface area contributed by atoms with Crippen LogP contribution < -0.4 is 5.32 Å². The van der Waals surface area contributed by atoms with Gasteiger partial charge in [0.05, 0.1) is 5.69 Å². The molecule has 1 aliphatic rings. The van der Waals surface area contributed by atoms with E-state index >= 15 is 0 Å². The molecule has 1 fully saturated rings. The van der Waals surface area contributed by atoms with Gasteiger partial charge in [-0.2, -0.15) is 5.10 Å². The highest BCUT2D eigenvalue weighted by molar-refractivity contribution is 5.92. The third kappa shape index (κ3) is 2.37. The number of anilines is 1. The van der Waals surface area contributed by atoms with Crippen LogP contribution in [0.4, 0.5) is 5.82 Å². The molecule has 0 radical (unpaired) electrons. The van der Waals surface area contributed by atoms with Crippen LogP contribution in [0.5, 0.6) is 0 Å². The fraction of sp³-hybridized carbons (Fsp3) is 0.529. The summed E-state index contributed by atoms with van der Waals surface area (Å²) in [6.45, 7) is 6.73. The van der Waals surface area contributed by atoms with Gasteiger partial charge in [-0.25, -0.2) is 0 Å². The third-order valence-electron chi connectivity index (χ3n) is 4.90. The van der Waals surface area contributed by atoms with Crippen molar-refractivity contribution in [2.24, 2.45) is 11.8 Å². The summed E-state index contributed by atoms with van der Waals surface area (Å²) in [6.07, 6.45) is 3.88. The molecule has 0 saturated heterocycles. The average Bonchev–Trinajstić information content (AvgIpc) is 2.47. The fourth-order valence-electron chi connectivity index (χ4n) is 3.31. The van der Waals surface area contributed by atoms with Gasteiger partial charge in [0.15, 0.2) is 5.82 Å². The van der Waals surface area contributed by atoms with Gasteiger partial charge in [-0.15, -0.1) is 5.10 Å². The van der Waals surface area contributed by atoms with Crippen molar-refractivity contribution in [2.45, 2.75) is 46.1 Å². The van der Waals surface area contributed by atoms with E-state index in [0.29, 0.717) is 12.0 Å². The number of hydrogen-bond acceptors (Lipinski definition) is 3. The zero-order chi connectivity index (χ0) is 14.1. The number of rotatable bonds is 2. The monoisotopic (exact) mass is 269 g/mol. The molecule has 1 aliphatic carbocycles. The fourth-order valence-corrected chi connectivity index (χ4v) is 3.31. The van der Waals surface area contributed by atoms with Gasteiger partial charge in [0.2, 0.25) is 0 Å². The molecule has 106 valence electrons. The molecule has 3 rings (SSSR count). The Labute approximate surface area is 120 Å². The molecule has 3 unspecified atom stereocenters. The topological polar surface area (TPSA) is 37.8 Å². The molecule has 0 bridgehead atoms. The Morgan fingerprint density at radius 3 is 2.60 bits per heavy atom. The first-order chi connectivity index (χ1) is 9.66. The lowest BCUT2D eigenvalue weighted by Crippen LogP contribution is -2.35. The van der Waals surface area contributed by atoms with Crippen molar-refractivity contribution in [3.8, 4) is 0 Å². The molecule has 0 amide bonds. The predicted octanol–water partition coefficient (Wildman–Crippen LogP) is 4.17. The lowest BCUT2D eigenvalue weighted by atomic mass is 9.78. The Kier molecular flexibility index (Phi) is 3.60. The first kappa shape index (κ1) is 13.3. The van der Waals surface area contributed by atoms with Crippen molar-refractivity contribution >= 4 is 16.6 Å². The molecule has 0 aliphatic heterocycles. The van der Waals surface area contributed by atoms with E-state index in [1.54, 1.807) is 0 Å². The highest BCUT2D eigenvalue weighted by Gasteiger charge is 2.27. The normalized spacial score (nSPS) is 26.6. The molecule has 1 saturated carbocycles. The number of aromatic nitrogens is 2. The van der Waals surface area contributed by atoms with E-state index in [-0.39, 0.29) is 0 Å². The van der Waals surface area contributed by atoms with Gasteiger partial charge in [0, 0.05) is 16.8 Å². The smallest absolute Gasteiger partial charge is 0.156 e. The second-order valence-electron chi connectivity index (χ2n) is 6.20. The summed E-state index contributed by atoms with van der Waals surface area (Å²) in [6, 6.07) is 8.90.